The molecule has 0 atom stereocenters. The van der Waals surface area contributed by atoms with E-state index in [0.717, 1.165) is 45.5 Å². The van der Waals surface area contributed by atoms with Crippen LogP contribution in [0.5, 0.6) is 0 Å². The van der Waals surface area contributed by atoms with E-state index in [1.807, 2.05) is 23.5 Å². The molecule has 13 aromatic carbocycles. The fourth-order valence-electron chi connectivity index (χ4n) is 14.6. The first-order valence-electron chi connectivity index (χ1n) is 30.2. The van der Waals surface area contributed by atoms with Crippen molar-refractivity contribution in [1.82, 2.24) is 0 Å². The van der Waals surface area contributed by atoms with E-state index >= 15 is 0 Å². The van der Waals surface area contributed by atoms with Crippen LogP contribution in [0, 0.1) is 0 Å². The normalized spacial score (nSPS) is 13.4. The van der Waals surface area contributed by atoms with Gasteiger partial charge in [-0.15, -0.1) is 0 Å². The van der Waals surface area contributed by atoms with E-state index in [1.165, 1.54) is 100 Å². The first-order valence-corrected chi connectivity index (χ1v) is 33.5. The topological polar surface area (TPSA) is 13.0 Å². The molecule has 0 aliphatic carbocycles. The van der Waals surface area contributed by atoms with Gasteiger partial charge in [0.15, 0.2) is 0 Å². The molecule has 5 heterocycles. The third-order valence-electron chi connectivity index (χ3n) is 18.2. The molecule has 5 aliphatic heterocycles. The third-order valence-corrected chi connectivity index (χ3v) is 23.1. The quantitative estimate of drug-likeness (QED) is 0.133. The van der Waals surface area contributed by atoms with Gasteiger partial charge in [0.1, 0.15) is 0 Å². The Balaban J connectivity index is 0.962. The maximum atomic E-state index is 2.74. The Morgan fingerprint density at radius 2 is 0.659 bits per heavy atom. The molecule has 88 heavy (non-hydrogen) atoms. The van der Waals surface area contributed by atoms with Gasteiger partial charge in [-0.25, -0.2) is 0 Å². The Kier molecular flexibility index (Phi) is 12.4. The molecule has 4 nitrogen and oxygen atoms in total. The molecule has 0 N–H and O–H groups in total. The number of nitrogens with zero attached hydrogens (tertiary/aromatic N) is 4. The van der Waals surface area contributed by atoms with Crippen molar-refractivity contribution >= 4 is 185 Å². The molecule has 5 aliphatic rings. The monoisotopic (exact) mass is 1220 g/mol. The molecular weight excluding hydrogens is 1170 g/mol. The molecule has 10 heteroatoms. The summed E-state index contributed by atoms with van der Waals surface area (Å²) < 4.78 is 2.89. The number of anilines is 12. The van der Waals surface area contributed by atoms with Gasteiger partial charge < -0.3 is 0 Å². The second-order valence-electron chi connectivity index (χ2n) is 23.0. The van der Waals surface area contributed by atoms with Crippen LogP contribution in [0.15, 0.2) is 329 Å². The molecule has 18 rings (SSSR count). The minimum atomic E-state index is -0.182. The van der Waals surface area contributed by atoms with E-state index in [1.54, 1.807) is 0 Å². The summed E-state index contributed by atoms with van der Waals surface area (Å²) in [6, 6.07) is 116. The second kappa shape index (κ2) is 21.1. The molecule has 0 saturated carbocycles. The number of hydrogen-bond donors (Lipinski definition) is 0. The zero-order valence-corrected chi connectivity index (χ0v) is 51.0. The standard InChI is InChI=1S/C78H51B3N4S2Se/c1-7-27-52(28-8-1)82(53-29-9-2-10-30-53)58-47-68-74-72(49-58)87-77-64(79(74)60-39-19-23-43-66(60)84(68)56-35-15-5-16-36-56)51-65-78(76(77)81-62-41-21-25-45-70(62)86-71-46-26-22-42-63(71)81)88-73-50-59(83(54-31-11-3-12-32-54)55-33-13-4-14-34-55)48-69-75(73)80(65)61-40-20-24-44-67(61)85(69)57-37-17-6-18-38-57/h1-51H. The Hall–Kier alpha value is -9.53. The zero-order valence-electron chi connectivity index (χ0n) is 47.7. The summed E-state index contributed by atoms with van der Waals surface area (Å²) in [6.07, 6.45) is 0. The predicted octanol–water partition coefficient (Wildman–Crippen LogP) is 12.6. The molecular formula is C78H51B3N4S2Se. The molecule has 0 saturated heterocycles. The summed E-state index contributed by atoms with van der Waals surface area (Å²) >= 11 is 3.75. The summed E-state index contributed by atoms with van der Waals surface area (Å²) in [6.45, 7) is -0.190. The maximum absolute atomic E-state index is 2.74. The molecule has 0 bridgehead atoms. The summed E-state index contributed by atoms with van der Waals surface area (Å²) in [5, 5.41) is 0. The number of rotatable bonds is 9. The average molecular weight is 1220 g/mol. The van der Waals surface area contributed by atoms with Crippen molar-refractivity contribution < 1.29 is 0 Å². The van der Waals surface area contributed by atoms with Gasteiger partial charge in [0.05, 0.1) is 0 Å². The van der Waals surface area contributed by atoms with E-state index in [9.17, 15) is 0 Å². The van der Waals surface area contributed by atoms with E-state index < -0.39 is 0 Å². The van der Waals surface area contributed by atoms with Gasteiger partial charge in [0, 0.05) is 0 Å². The second-order valence-corrected chi connectivity index (χ2v) is 27.4. The summed E-state index contributed by atoms with van der Waals surface area (Å²) in [4.78, 5) is 15.3. The van der Waals surface area contributed by atoms with Crippen LogP contribution >= 0.6 is 23.5 Å². The molecule has 410 valence electrons. The van der Waals surface area contributed by atoms with E-state index in [-0.39, 0.29) is 35.1 Å². The first-order chi connectivity index (χ1) is 43.7. The van der Waals surface area contributed by atoms with Crippen molar-refractivity contribution in [3.05, 3.63) is 309 Å². The SMILES string of the molecule is c1ccc(N(c2ccccc2)c2cc3c4c(c2)N(c2ccccc2)c2ccccc2B4c2cc4c(c(B5c6ccccc6Sc6ccccc65)c2S3)[Se]c2cc(N(c3ccccc3)c3ccccc3)cc3c2B4c2ccccc2N3c2ccccc2)cc1. The number of hydrogen-bond acceptors (Lipinski definition) is 6. The molecule has 0 spiro atoms. The average Bonchev–Trinajstić information content (AvgIpc) is 0.744. The van der Waals surface area contributed by atoms with E-state index in [4.69, 9.17) is 0 Å². The summed E-state index contributed by atoms with van der Waals surface area (Å²) in [7, 11) is 0. The Morgan fingerprint density at radius 1 is 0.273 bits per heavy atom. The zero-order chi connectivity index (χ0) is 57.8. The number of fused-ring (bicyclic) bond motifs is 10. The Morgan fingerprint density at radius 3 is 1.15 bits per heavy atom. The Bertz CT molecular complexity index is 4510. The van der Waals surface area contributed by atoms with Crippen molar-refractivity contribution in [1.29, 1.82) is 0 Å². The van der Waals surface area contributed by atoms with Crippen molar-refractivity contribution in [3.8, 4) is 0 Å². The van der Waals surface area contributed by atoms with Crippen LogP contribution in [0.4, 0.5) is 68.2 Å². The molecule has 0 radical (unpaired) electrons. The van der Waals surface area contributed by atoms with Crippen LogP contribution in [0.3, 0.4) is 0 Å². The molecule has 0 fully saturated rings. The third kappa shape index (κ3) is 8.20. The summed E-state index contributed by atoms with van der Waals surface area (Å²) in [5.41, 5.74) is 26.3. The van der Waals surface area contributed by atoms with E-state index in [2.05, 4.69) is 329 Å². The number of benzene rings is 13. The molecule has 0 amide bonds. The van der Waals surface area contributed by atoms with Gasteiger partial charge in [-0.05, 0) is 0 Å². The predicted molar refractivity (Wildman–Crippen MR) is 378 cm³/mol. The minimum absolute atomic E-state index is 0.0466. The fourth-order valence-corrected chi connectivity index (χ4v) is 20.1. The van der Waals surface area contributed by atoms with E-state index in [0.29, 0.717) is 0 Å². The van der Waals surface area contributed by atoms with Crippen LogP contribution in [0.25, 0.3) is 0 Å². The molecule has 0 unspecified atom stereocenters. The van der Waals surface area contributed by atoms with Gasteiger partial charge in [0.25, 0.3) is 0 Å². The van der Waals surface area contributed by atoms with Crippen molar-refractivity contribution in [2.24, 2.45) is 0 Å². The van der Waals surface area contributed by atoms with Gasteiger partial charge in [-0.2, -0.15) is 0 Å². The summed E-state index contributed by atoms with van der Waals surface area (Å²) in [5.74, 6) is 0. The van der Waals surface area contributed by atoms with Crippen LogP contribution in [-0.2, 0) is 0 Å². The Labute approximate surface area is 529 Å². The van der Waals surface area contributed by atoms with Gasteiger partial charge in [-0.3, -0.25) is 0 Å². The van der Waals surface area contributed by atoms with Crippen LogP contribution < -0.4 is 77.7 Å². The van der Waals surface area contributed by atoms with Gasteiger partial charge >= 0.3 is 534 Å². The molecule has 0 aromatic heterocycles. The van der Waals surface area contributed by atoms with Crippen molar-refractivity contribution in [3.63, 3.8) is 0 Å². The van der Waals surface area contributed by atoms with Crippen LogP contribution in [0.2, 0.25) is 0 Å². The number of para-hydroxylation sites is 8. The van der Waals surface area contributed by atoms with Crippen molar-refractivity contribution in [2.75, 3.05) is 19.6 Å². The van der Waals surface area contributed by atoms with Crippen LogP contribution in [-0.4, -0.2) is 35.1 Å². The molecule has 13 aromatic rings. The first kappa shape index (κ1) is 51.7. The van der Waals surface area contributed by atoms with Crippen molar-refractivity contribution in [2.45, 2.75) is 19.6 Å². The fraction of sp³-hybridized carbons (Fsp3) is 0. The van der Waals surface area contributed by atoms with Gasteiger partial charge in [0.2, 0.25) is 0 Å². The van der Waals surface area contributed by atoms with Crippen LogP contribution in [0.1, 0.15) is 0 Å². The van der Waals surface area contributed by atoms with Gasteiger partial charge in [-0.1, -0.05) is 0 Å².